The van der Waals surface area contributed by atoms with Gasteiger partial charge in [-0.3, -0.25) is 4.68 Å². The van der Waals surface area contributed by atoms with E-state index in [2.05, 4.69) is 49.5 Å². The molecule has 0 amide bonds. The molecule has 1 aliphatic rings. The Balaban J connectivity index is 1.85. The molecular formula is C16H21N3O. The van der Waals surface area contributed by atoms with Crippen molar-refractivity contribution < 1.29 is 4.74 Å². The predicted octanol–water partition coefficient (Wildman–Crippen LogP) is 3.65. The van der Waals surface area contributed by atoms with Crippen LogP contribution in [0.4, 0.5) is 5.69 Å². The van der Waals surface area contributed by atoms with Gasteiger partial charge in [0, 0.05) is 23.7 Å². The van der Waals surface area contributed by atoms with E-state index < -0.39 is 0 Å². The Morgan fingerprint density at radius 2 is 2.15 bits per heavy atom. The third-order valence-corrected chi connectivity index (χ3v) is 3.78. The summed E-state index contributed by atoms with van der Waals surface area (Å²) in [5.41, 5.74) is 2.29. The number of fused-ring (bicyclic) bond motifs is 1. The SMILES string of the molecule is CC1COc2ccccc2C1Nc1cnn(C(C)C)c1. The molecule has 0 radical (unpaired) electrons. The average Bonchev–Trinajstić information content (AvgIpc) is 2.91. The molecule has 2 unspecified atom stereocenters. The number of anilines is 1. The molecule has 106 valence electrons. The van der Waals surface area contributed by atoms with Crippen molar-refractivity contribution in [1.82, 2.24) is 9.78 Å². The summed E-state index contributed by atoms with van der Waals surface area (Å²) in [7, 11) is 0. The lowest BCUT2D eigenvalue weighted by Gasteiger charge is -2.32. The number of benzene rings is 1. The lowest BCUT2D eigenvalue weighted by atomic mass is 9.92. The molecule has 0 saturated heterocycles. The molecular weight excluding hydrogens is 250 g/mol. The van der Waals surface area contributed by atoms with Crippen molar-refractivity contribution in [2.75, 3.05) is 11.9 Å². The van der Waals surface area contributed by atoms with Crippen LogP contribution in [0.5, 0.6) is 5.75 Å². The van der Waals surface area contributed by atoms with Gasteiger partial charge < -0.3 is 10.1 Å². The number of hydrogen-bond acceptors (Lipinski definition) is 3. The molecule has 0 fully saturated rings. The molecule has 0 aliphatic carbocycles. The van der Waals surface area contributed by atoms with Crippen molar-refractivity contribution in [2.45, 2.75) is 32.9 Å². The third kappa shape index (κ3) is 2.38. The fraction of sp³-hybridized carbons (Fsp3) is 0.438. The Hall–Kier alpha value is -1.97. The van der Waals surface area contributed by atoms with Crippen molar-refractivity contribution in [3.05, 3.63) is 42.2 Å². The zero-order chi connectivity index (χ0) is 14.1. The van der Waals surface area contributed by atoms with E-state index in [0.29, 0.717) is 12.0 Å². The molecule has 0 saturated carbocycles. The van der Waals surface area contributed by atoms with Gasteiger partial charge >= 0.3 is 0 Å². The van der Waals surface area contributed by atoms with Crippen molar-refractivity contribution in [3.63, 3.8) is 0 Å². The van der Waals surface area contributed by atoms with E-state index in [9.17, 15) is 0 Å². The van der Waals surface area contributed by atoms with Crippen LogP contribution in [0.25, 0.3) is 0 Å². The zero-order valence-corrected chi connectivity index (χ0v) is 12.2. The molecule has 0 spiro atoms. The molecule has 0 bridgehead atoms. The van der Waals surface area contributed by atoms with Crippen molar-refractivity contribution in [2.24, 2.45) is 5.92 Å². The van der Waals surface area contributed by atoms with Gasteiger partial charge in [-0.05, 0) is 19.9 Å². The average molecular weight is 271 g/mol. The summed E-state index contributed by atoms with van der Waals surface area (Å²) in [6, 6.07) is 8.90. The minimum Gasteiger partial charge on any atom is -0.493 e. The van der Waals surface area contributed by atoms with Gasteiger partial charge in [-0.2, -0.15) is 5.10 Å². The number of para-hydroxylation sites is 1. The number of hydrogen-bond donors (Lipinski definition) is 1. The van der Waals surface area contributed by atoms with E-state index in [1.54, 1.807) is 0 Å². The quantitative estimate of drug-likeness (QED) is 0.926. The fourth-order valence-electron chi connectivity index (χ4n) is 2.59. The third-order valence-electron chi connectivity index (χ3n) is 3.78. The second kappa shape index (κ2) is 5.19. The van der Waals surface area contributed by atoms with E-state index in [4.69, 9.17) is 4.74 Å². The van der Waals surface area contributed by atoms with Crippen LogP contribution in [0, 0.1) is 5.92 Å². The highest BCUT2D eigenvalue weighted by molar-refractivity contribution is 5.47. The number of aromatic nitrogens is 2. The first-order valence-electron chi connectivity index (χ1n) is 7.17. The maximum atomic E-state index is 5.79. The summed E-state index contributed by atoms with van der Waals surface area (Å²) in [6.07, 6.45) is 3.96. The first-order valence-corrected chi connectivity index (χ1v) is 7.17. The van der Waals surface area contributed by atoms with E-state index in [1.165, 1.54) is 5.56 Å². The maximum Gasteiger partial charge on any atom is 0.124 e. The molecule has 1 aliphatic heterocycles. The van der Waals surface area contributed by atoms with Crippen LogP contribution in [0.15, 0.2) is 36.7 Å². The number of nitrogens with zero attached hydrogens (tertiary/aromatic N) is 2. The van der Waals surface area contributed by atoms with Crippen molar-refractivity contribution in [3.8, 4) is 5.75 Å². The van der Waals surface area contributed by atoms with Crippen molar-refractivity contribution in [1.29, 1.82) is 0 Å². The Morgan fingerprint density at radius 1 is 1.35 bits per heavy atom. The lowest BCUT2D eigenvalue weighted by molar-refractivity contribution is 0.214. The second-order valence-corrected chi connectivity index (χ2v) is 5.75. The van der Waals surface area contributed by atoms with Gasteiger partial charge in [0.05, 0.1) is 24.5 Å². The molecule has 2 heterocycles. The minimum atomic E-state index is 0.268. The Labute approximate surface area is 119 Å². The Morgan fingerprint density at radius 3 is 2.90 bits per heavy atom. The van der Waals surface area contributed by atoms with Crippen LogP contribution in [-0.2, 0) is 0 Å². The molecule has 1 aromatic heterocycles. The molecule has 4 heteroatoms. The van der Waals surface area contributed by atoms with Gasteiger partial charge in [-0.15, -0.1) is 0 Å². The van der Waals surface area contributed by atoms with Crippen LogP contribution < -0.4 is 10.1 Å². The summed E-state index contributed by atoms with van der Waals surface area (Å²) in [5, 5.41) is 7.98. The molecule has 4 nitrogen and oxygen atoms in total. The maximum absolute atomic E-state index is 5.79. The monoisotopic (exact) mass is 271 g/mol. The van der Waals surface area contributed by atoms with Gasteiger partial charge in [0.15, 0.2) is 0 Å². The number of rotatable bonds is 3. The summed E-state index contributed by atoms with van der Waals surface area (Å²) >= 11 is 0. The van der Waals surface area contributed by atoms with E-state index >= 15 is 0 Å². The highest BCUT2D eigenvalue weighted by Gasteiger charge is 2.27. The topological polar surface area (TPSA) is 39.1 Å². The van der Waals surface area contributed by atoms with Crippen molar-refractivity contribution >= 4 is 5.69 Å². The predicted molar refractivity (Wildman–Crippen MR) is 80.1 cm³/mol. The molecule has 20 heavy (non-hydrogen) atoms. The van der Waals surface area contributed by atoms with Gasteiger partial charge in [-0.25, -0.2) is 0 Å². The Kier molecular flexibility index (Phi) is 3.38. The molecule has 2 aromatic rings. The van der Waals surface area contributed by atoms with Crippen LogP contribution >= 0.6 is 0 Å². The smallest absolute Gasteiger partial charge is 0.124 e. The Bertz CT molecular complexity index is 591. The summed E-state index contributed by atoms with van der Waals surface area (Å²) in [6.45, 7) is 7.21. The normalized spacial score (nSPS) is 21.4. The van der Waals surface area contributed by atoms with Gasteiger partial charge in [0.2, 0.25) is 0 Å². The summed E-state index contributed by atoms with van der Waals surface area (Å²) in [4.78, 5) is 0. The number of ether oxygens (including phenoxy) is 1. The van der Waals surface area contributed by atoms with E-state index in [-0.39, 0.29) is 6.04 Å². The van der Waals surface area contributed by atoms with Gasteiger partial charge in [0.25, 0.3) is 0 Å². The van der Waals surface area contributed by atoms with Crippen LogP contribution in [0.3, 0.4) is 0 Å². The van der Waals surface area contributed by atoms with Gasteiger partial charge in [-0.1, -0.05) is 25.1 Å². The molecule has 2 atom stereocenters. The first-order chi connectivity index (χ1) is 9.65. The highest BCUT2D eigenvalue weighted by Crippen LogP contribution is 2.37. The standard InChI is InChI=1S/C16H21N3O/c1-11(2)19-9-13(8-17-19)18-16-12(3)10-20-15-7-5-4-6-14(15)16/h4-9,11-12,16,18H,10H2,1-3H3. The second-order valence-electron chi connectivity index (χ2n) is 5.75. The van der Waals surface area contributed by atoms with Crippen LogP contribution in [-0.4, -0.2) is 16.4 Å². The first kappa shape index (κ1) is 13.0. The van der Waals surface area contributed by atoms with E-state index in [0.717, 1.165) is 18.0 Å². The number of nitrogens with one attached hydrogen (secondary N) is 1. The minimum absolute atomic E-state index is 0.268. The van der Waals surface area contributed by atoms with Crippen LogP contribution in [0.2, 0.25) is 0 Å². The fourth-order valence-corrected chi connectivity index (χ4v) is 2.59. The van der Waals surface area contributed by atoms with E-state index in [1.807, 2.05) is 23.0 Å². The summed E-state index contributed by atoms with van der Waals surface area (Å²) < 4.78 is 7.76. The lowest BCUT2D eigenvalue weighted by Crippen LogP contribution is -2.28. The molecule has 3 rings (SSSR count). The summed E-state index contributed by atoms with van der Waals surface area (Å²) in [5.74, 6) is 1.41. The van der Waals surface area contributed by atoms with Crippen LogP contribution in [0.1, 0.15) is 38.4 Å². The zero-order valence-electron chi connectivity index (χ0n) is 12.2. The van der Waals surface area contributed by atoms with Gasteiger partial charge in [0.1, 0.15) is 5.75 Å². The largest absolute Gasteiger partial charge is 0.493 e. The molecule has 1 aromatic carbocycles. The molecule has 1 N–H and O–H groups in total. The highest BCUT2D eigenvalue weighted by atomic mass is 16.5.